The van der Waals surface area contributed by atoms with Gasteiger partial charge in [-0.15, -0.1) is 0 Å². The molecule has 1 aromatic carbocycles. The maximum atomic E-state index is 14.3. The number of halogens is 28. The van der Waals surface area contributed by atoms with Crippen molar-refractivity contribution in [2.24, 2.45) is 0 Å². The summed E-state index contributed by atoms with van der Waals surface area (Å²) in [5.74, 6) is -99.7. The first kappa shape index (κ1) is 40.3. The summed E-state index contributed by atoms with van der Waals surface area (Å²) in [7, 11) is 0. The quantitative estimate of drug-likeness (QED) is 0.135. The smallest absolute Gasteiger partial charge is 0.203 e. The van der Waals surface area contributed by atoms with Crippen LogP contribution in [0.15, 0.2) is 0 Å². The SMILES string of the molecule is Fc1c(F)c(F)c(C(F)(F)C(F)(F)C(F)(F)C(F)(F)C(F)(F)C(F)(F)C(F)(F)C(F)(F)C(F)(F)F)c(C(F)(F)C(F)(F)F)c1F. The van der Waals surface area contributed by atoms with Crippen molar-refractivity contribution in [3.63, 3.8) is 0 Å². The summed E-state index contributed by atoms with van der Waals surface area (Å²) in [5.41, 5.74) is -10.3. The zero-order chi connectivity index (χ0) is 37.0. The van der Waals surface area contributed by atoms with Gasteiger partial charge in [-0.3, -0.25) is 0 Å². The molecule has 1 rings (SSSR count). The van der Waals surface area contributed by atoms with Crippen LogP contribution >= 0.6 is 0 Å². The topological polar surface area (TPSA) is 0 Å². The van der Waals surface area contributed by atoms with Crippen LogP contribution in [0.3, 0.4) is 0 Å². The van der Waals surface area contributed by atoms with Crippen molar-refractivity contribution in [3.8, 4) is 0 Å². The molecule has 0 heterocycles. The third-order valence-electron chi connectivity index (χ3n) is 5.37. The highest BCUT2D eigenvalue weighted by Gasteiger charge is 2.97. The molecule has 264 valence electrons. The highest BCUT2D eigenvalue weighted by atomic mass is 19.4. The van der Waals surface area contributed by atoms with Crippen LogP contribution in [0.25, 0.3) is 0 Å². The lowest BCUT2D eigenvalue weighted by atomic mass is 9.84. The summed E-state index contributed by atoms with van der Waals surface area (Å²) in [4.78, 5) is 0. The van der Waals surface area contributed by atoms with Gasteiger partial charge in [0.1, 0.15) is 0 Å². The van der Waals surface area contributed by atoms with Gasteiger partial charge in [0.05, 0.1) is 11.1 Å². The molecule has 0 N–H and O–H groups in total. The van der Waals surface area contributed by atoms with Gasteiger partial charge in [0, 0.05) is 0 Å². The van der Waals surface area contributed by atoms with Crippen molar-refractivity contribution in [1.82, 2.24) is 0 Å². The van der Waals surface area contributed by atoms with E-state index < -0.39 is 100 Å². The predicted molar refractivity (Wildman–Crippen MR) is 80.8 cm³/mol. The van der Waals surface area contributed by atoms with Crippen molar-refractivity contribution >= 4 is 0 Å². The van der Waals surface area contributed by atoms with Crippen molar-refractivity contribution in [1.29, 1.82) is 0 Å². The van der Waals surface area contributed by atoms with E-state index >= 15 is 0 Å². The molecule has 0 atom stereocenters. The van der Waals surface area contributed by atoms with Gasteiger partial charge in [-0.05, 0) is 0 Å². The van der Waals surface area contributed by atoms with Crippen molar-refractivity contribution in [2.45, 2.75) is 65.7 Å². The molecule has 0 unspecified atom stereocenters. The average Bonchev–Trinajstić information content (AvgIpc) is 2.81. The molecule has 0 aliphatic heterocycles. The lowest BCUT2D eigenvalue weighted by molar-refractivity contribution is -0.469. The van der Waals surface area contributed by atoms with Crippen LogP contribution < -0.4 is 0 Å². The molecule has 0 bridgehead atoms. The average molecular weight is 736 g/mol. The van der Waals surface area contributed by atoms with Crippen molar-refractivity contribution in [3.05, 3.63) is 34.4 Å². The van der Waals surface area contributed by atoms with Gasteiger partial charge in [0.2, 0.25) is 0 Å². The lowest BCUT2D eigenvalue weighted by Crippen LogP contribution is -2.75. The normalized spacial score (nSPS) is 16.0. The molecule has 0 spiro atoms. The fourth-order valence-corrected chi connectivity index (χ4v) is 2.88. The van der Waals surface area contributed by atoms with Gasteiger partial charge in [0.25, 0.3) is 0 Å². The standard InChI is InChI=1S/C17F28/c18-3-1(2(4(19)6(21)5(3)20)8(24,25)16(40,41)42)7(22,23)9(26,27)10(28,29)11(30,31)12(32,33)13(34,35)14(36,37)15(38,39)17(43,44)45. The zero-order valence-electron chi connectivity index (χ0n) is 19.1. The Bertz CT molecular complexity index is 1290. The van der Waals surface area contributed by atoms with Gasteiger partial charge in [-0.1, -0.05) is 0 Å². The Balaban J connectivity index is 4.25. The number of hydrogen-bond acceptors (Lipinski definition) is 0. The molecule has 45 heavy (non-hydrogen) atoms. The van der Waals surface area contributed by atoms with E-state index in [0.29, 0.717) is 0 Å². The molecule has 0 amide bonds. The molecule has 28 heteroatoms. The highest BCUT2D eigenvalue weighted by Crippen LogP contribution is 2.67. The summed E-state index contributed by atoms with van der Waals surface area (Å²) in [6, 6.07) is 0. The summed E-state index contributed by atoms with van der Waals surface area (Å²) in [5, 5.41) is 0. The minimum atomic E-state index is -9.64. The number of benzene rings is 1. The minimum absolute atomic E-state index is 4.11. The van der Waals surface area contributed by atoms with Crippen LogP contribution in [-0.4, -0.2) is 53.8 Å². The second-order valence-electron chi connectivity index (χ2n) is 8.17. The largest absolute Gasteiger partial charge is 0.460 e. The van der Waals surface area contributed by atoms with Gasteiger partial charge in [0.15, 0.2) is 23.3 Å². The molecule has 0 nitrogen and oxygen atoms in total. The molecular formula is C17F28. The molecule has 0 aliphatic carbocycles. The van der Waals surface area contributed by atoms with Gasteiger partial charge < -0.3 is 0 Å². The second-order valence-corrected chi connectivity index (χ2v) is 8.17. The second kappa shape index (κ2) is 10.1. The minimum Gasteiger partial charge on any atom is -0.203 e. The third kappa shape index (κ3) is 4.87. The van der Waals surface area contributed by atoms with E-state index in [2.05, 4.69) is 0 Å². The monoisotopic (exact) mass is 736 g/mol. The number of rotatable bonds is 9. The predicted octanol–water partition coefficient (Wildman–Crippen LogP) is 10.00. The van der Waals surface area contributed by atoms with Gasteiger partial charge in [-0.25, -0.2) is 17.6 Å². The molecular weight excluding hydrogens is 736 g/mol. The van der Waals surface area contributed by atoms with Crippen LogP contribution in [0.4, 0.5) is 123 Å². The molecule has 0 aromatic heterocycles. The van der Waals surface area contributed by atoms with Gasteiger partial charge >= 0.3 is 65.7 Å². The first-order valence-electron chi connectivity index (χ1n) is 9.54. The van der Waals surface area contributed by atoms with Crippen LogP contribution in [-0.2, 0) is 11.8 Å². The number of hydrogen-bond donors (Lipinski definition) is 0. The maximum absolute atomic E-state index is 14.3. The summed E-state index contributed by atoms with van der Waals surface area (Å²) in [6.07, 6.45) is -16.0. The van der Waals surface area contributed by atoms with E-state index in [1.165, 1.54) is 0 Å². The molecule has 0 fully saturated rings. The van der Waals surface area contributed by atoms with Crippen molar-refractivity contribution in [2.75, 3.05) is 0 Å². The summed E-state index contributed by atoms with van der Waals surface area (Å²) >= 11 is 0. The van der Waals surface area contributed by atoms with Crippen molar-refractivity contribution < 1.29 is 123 Å². The van der Waals surface area contributed by atoms with Crippen LogP contribution in [0.1, 0.15) is 11.1 Å². The highest BCUT2D eigenvalue weighted by molar-refractivity contribution is 5.41. The van der Waals surface area contributed by atoms with E-state index in [4.69, 9.17) is 0 Å². The van der Waals surface area contributed by atoms with Crippen LogP contribution in [0.2, 0.25) is 0 Å². The Morgan fingerprint density at radius 3 is 0.689 bits per heavy atom. The van der Waals surface area contributed by atoms with Crippen LogP contribution in [0, 0.1) is 23.3 Å². The summed E-state index contributed by atoms with van der Waals surface area (Å²) < 4.78 is 374. The first-order chi connectivity index (χ1) is 19.1. The fourth-order valence-electron chi connectivity index (χ4n) is 2.88. The number of alkyl halides is 24. The van der Waals surface area contributed by atoms with E-state index in [9.17, 15) is 123 Å². The Labute approximate surface area is 224 Å². The molecule has 0 saturated carbocycles. The Kier molecular flexibility index (Phi) is 9.07. The molecule has 0 aliphatic rings. The first-order valence-corrected chi connectivity index (χ1v) is 9.54. The van der Waals surface area contributed by atoms with E-state index in [1.54, 1.807) is 0 Å². The third-order valence-corrected chi connectivity index (χ3v) is 5.37. The Morgan fingerprint density at radius 2 is 0.444 bits per heavy atom. The molecule has 1 aromatic rings. The maximum Gasteiger partial charge on any atom is 0.460 e. The lowest BCUT2D eigenvalue weighted by Gasteiger charge is -2.44. The fraction of sp³-hybridized carbons (Fsp3) is 0.647. The summed E-state index contributed by atoms with van der Waals surface area (Å²) in [6.45, 7) is 0. The van der Waals surface area contributed by atoms with Crippen LogP contribution in [0.5, 0.6) is 0 Å². The van der Waals surface area contributed by atoms with E-state index in [0.717, 1.165) is 0 Å². The molecule has 0 radical (unpaired) electrons. The Morgan fingerprint density at radius 1 is 0.222 bits per heavy atom. The van der Waals surface area contributed by atoms with Gasteiger partial charge in [-0.2, -0.15) is 105 Å². The molecule has 0 saturated heterocycles. The Hall–Kier alpha value is -2.74. The zero-order valence-corrected chi connectivity index (χ0v) is 19.1. The van der Waals surface area contributed by atoms with E-state index in [1.807, 2.05) is 0 Å². The van der Waals surface area contributed by atoms with E-state index in [-0.39, 0.29) is 0 Å².